The molecular weight excluding hydrogens is 250 g/mol. The Morgan fingerprint density at radius 3 is 2.35 bits per heavy atom. The van der Waals surface area contributed by atoms with Crippen molar-refractivity contribution < 1.29 is 0 Å². The molecule has 0 spiro atoms. The quantitative estimate of drug-likeness (QED) is 0.586. The molecule has 0 saturated heterocycles. The molecule has 0 unspecified atom stereocenters. The molecule has 0 aromatic heterocycles. The van der Waals surface area contributed by atoms with E-state index in [4.69, 9.17) is 17.2 Å². The molecule has 5 heteroatoms. The van der Waals surface area contributed by atoms with Crippen LogP contribution in [-0.4, -0.2) is 11.9 Å². The summed E-state index contributed by atoms with van der Waals surface area (Å²) >= 11 is 0. The van der Waals surface area contributed by atoms with Crippen LogP contribution < -0.4 is 17.2 Å². The standard InChI is InChI=1S/C15H19N5/c1-2-5-10-8-9-13(19-15(18)20-14(16)17)12-7-4-3-6-11(10)12/h3-4,6-9H,2,5H2,1H3,(H6,16,17,18,19,20). The van der Waals surface area contributed by atoms with Crippen LogP contribution in [0.3, 0.4) is 0 Å². The van der Waals surface area contributed by atoms with Gasteiger partial charge in [0, 0.05) is 5.39 Å². The summed E-state index contributed by atoms with van der Waals surface area (Å²) in [6.45, 7) is 2.16. The molecule has 0 aliphatic rings. The van der Waals surface area contributed by atoms with Gasteiger partial charge in [0.05, 0.1) is 5.69 Å². The molecule has 0 fully saturated rings. The van der Waals surface area contributed by atoms with Gasteiger partial charge in [0.1, 0.15) is 0 Å². The van der Waals surface area contributed by atoms with Gasteiger partial charge >= 0.3 is 0 Å². The summed E-state index contributed by atoms with van der Waals surface area (Å²) in [4.78, 5) is 8.01. The predicted molar refractivity (Wildman–Crippen MR) is 85.0 cm³/mol. The summed E-state index contributed by atoms with van der Waals surface area (Å²) in [7, 11) is 0. The number of fused-ring (bicyclic) bond motifs is 1. The van der Waals surface area contributed by atoms with Crippen molar-refractivity contribution in [3.63, 3.8) is 0 Å². The van der Waals surface area contributed by atoms with Gasteiger partial charge < -0.3 is 17.2 Å². The fourth-order valence-electron chi connectivity index (χ4n) is 2.21. The maximum atomic E-state index is 5.70. The van der Waals surface area contributed by atoms with Crippen molar-refractivity contribution in [2.75, 3.05) is 0 Å². The third-order valence-corrected chi connectivity index (χ3v) is 2.99. The monoisotopic (exact) mass is 269 g/mol. The topological polar surface area (TPSA) is 103 Å². The molecule has 0 bridgehead atoms. The van der Waals surface area contributed by atoms with Crippen LogP contribution in [0.2, 0.25) is 0 Å². The molecule has 0 saturated carbocycles. The maximum absolute atomic E-state index is 5.70. The summed E-state index contributed by atoms with van der Waals surface area (Å²) in [5, 5.41) is 2.24. The number of guanidine groups is 2. The van der Waals surface area contributed by atoms with Crippen molar-refractivity contribution in [1.29, 1.82) is 0 Å². The number of benzene rings is 2. The number of hydrogen-bond donors (Lipinski definition) is 3. The maximum Gasteiger partial charge on any atom is 0.223 e. The van der Waals surface area contributed by atoms with Gasteiger partial charge in [0.25, 0.3) is 0 Å². The van der Waals surface area contributed by atoms with Crippen LogP contribution in [0.15, 0.2) is 46.4 Å². The van der Waals surface area contributed by atoms with Crippen LogP contribution in [0.4, 0.5) is 5.69 Å². The molecule has 0 amide bonds. The summed E-state index contributed by atoms with van der Waals surface area (Å²) in [5.41, 5.74) is 18.4. The molecule has 2 aromatic rings. The van der Waals surface area contributed by atoms with Gasteiger partial charge in [-0.1, -0.05) is 43.7 Å². The summed E-state index contributed by atoms with van der Waals surface area (Å²) in [6.07, 6.45) is 2.14. The number of aryl methyl sites for hydroxylation is 1. The van der Waals surface area contributed by atoms with Gasteiger partial charge in [-0.3, -0.25) is 0 Å². The molecule has 0 atom stereocenters. The highest BCUT2D eigenvalue weighted by Crippen LogP contribution is 2.29. The predicted octanol–water partition coefficient (Wildman–Crippen LogP) is 2.01. The van der Waals surface area contributed by atoms with Gasteiger partial charge in [-0.2, -0.15) is 4.99 Å². The van der Waals surface area contributed by atoms with E-state index in [1.54, 1.807) is 0 Å². The first kappa shape index (κ1) is 13.9. The Balaban J connectivity index is 2.56. The first-order chi connectivity index (χ1) is 9.61. The SMILES string of the molecule is CCCc1ccc(N=C(N)N=C(N)N)c2ccccc12. The van der Waals surface area contributed by atoms with Gasteiger partial charge in [-0.05, 0) is 23.4 Å². The summed E-state index contributed by atoms with van der Waals surface area (Å²) < 4.78 is 0. The zero-order valence-electron chi connectivity index (χ0n) is 11.5. The number of rotatable bonds is 3. The minimum atomic E-state index is -0.0989. The van der Waals surface area contributed by atoms with E-state index < -0.39 is 0 Å². The fourth-order valence-corrected chi connectivity index (χ4v) is 2.21. The molecule has 5 nitrogen and oxygen atoms in total. The van der Waals surface area contributed by atoms with E-state index >= 15 is 0 Å². The highest BCUT2D eigenvalue weighted by atomic mass is 15.1. The Labute approximate surface area is 118 Å². The number of aliphatic imine (C=N–C) groups is 2. The first-order valence-corrected chi connectivity index (χ1v) is 6.56. The lowest BCUT2D eigenvalue weighted by molar-refractivity contribution is 0.929. The molecule has 20 heavy (non-hydrogen) atoms. The van der Waals surface area contributed by atoms with Crippen molar-refractivity contribution in [2.24, 2.45) is 27.2 Å². The Morgan fingerprint density at radius 2 is 1.70 bits per heavy atom. The van der Waals surface area contributed by atoms with Crippen molar-refractivity contribution in [3.8, 4) is 0 Å². The van der Waals surface area contributed by atoms with Gasteiger partial charge in [-0.15, -0.1) is 0 Å². The minimum Gasteiger partial charge on any atom is -0.370 e. The molecular formula is C15H19N5. The van der Waals surface area contributed by atoms with E-state index in [1.807, 2.05) is 24.3 Å². The average Bonchev–Trinajstić information content (AvgIpc) is 2.41. The van der Waals surface area contributed by atoms with E-state index in [-0.39, 0.29) is 11.9 Å². The van der Waals surface area contributed by atoms with E-state index in [0.717, 1.165) is 23.9 Å². The molecule has 0 heterocycles. The molecule has 0 aliphatic heterocycles. The fraction of sp³-hybridized carbons (Fsp3) is 0.200. The Kier molecular flexibility index (Phi) is 4.20. The normalized spacial score (nSPS) is 11.6. The Hall–Kier alpha value is -2.56. The van der Waals surface area contributed by atoms with Crippen LogP contribution in [0, 0.1) is 0 Å². The molecule has 0 radical (unpaired) electrons. The van der Waals surface area contributed by atoms with Gasteiger partial charge in [0.15, 0.2) is 5.96 Å². The van der Waals surface area contributed by atoms with Crippen LogP contribution >= 0.6 is 0 Å². The Bertz CT molecular complexity index is 669. The second-order valence-electron chi connectivity index (χ2n) is 4.55. The number of nitrogens with two attached hydrogens (primary N) is 3. The van der Waals surface area contributed by atoms with E-state index in [9.17, 15) is 0 Å². The largest absolute Gasteiger partial charge is 0.370 e. The van der Waals surface area contributed by atoms with Crippen LogP contribution in [0.1, 0.15) is 18.9 Å². The van der Waals surface area contributed by atoms with Crippen LogP contribution in [0.25, 0.3) is 10.8 Å². The molecule has 2 aromatic carbocycles. The lowest BCUT2D eigenvalue weighted by Crippen LogP contribution is -2.26. The molecule has 2 rings (SSSR count). The third kappa shape index (κ3) is 3.06. The van der Waals surface area contributed by atoms with Crippen molar-refractivity contribution in [2.45, 2.75) is 19.8 Å². The van der Waals surface area contributed by atoms with Crippen molar-refractivity contribution >= 4 is 28.4 Å². The molecule has 0 aliphatic carbocycles. The zero-order chi connectivity index (χ0) is 14.5. The second kappa shape index (κ2) is 6.06. The van der Waals surface area contributed by atoms with E-state index in [1.165, 1.54) is 10.9 Å². The van der Waals surface area contributed by atoms with Gasteiger partial charge in [0.2, 0.25) is 5.96 Å². The molecule has 6 N–H and O–H groups in total. The minimum absolute atomic E-state index is 0.0541. The summed E-state index contributed by atoms with van der Waals surface area (Å²) in [5.74, 6) is -0.0449. The highest BCUT2D eigenvalue weighted by Gasteiger charge is 2.05. The summed E-state index contributed by atoms with van der Waals surface area (Å²) in [6, 6.07) is 12.1. The van der Waals surface area contributed by atoms with Crippen molar-refractivity contribution in [1.82, 2.24) is 0 Å². The molecule has 104 valence electrons. The van der Waals surface area contributed by atoms with Crippen molar-refractivity contribution in [3.05, 3.63) is 42.0 Å². The zero-order valence-corrected chi connectivity index (χ0v) is 11.5. The van der Waals surface area contributed by atoms with E-state index in [0.29, 0.717) is 0 Å². The third-order valence-electron chi connectivity index (χ3n) is 2.99. The Morgan fingerprint density at radius 1 is 1.00 bits per heavy atom. The number of nitrogens with zero attached hydrogens (tertiary/aromatic N) is 2. The lowest BCUT2D eigenvalue weighted by atomic mass is 10.00. The lowest BCUT2D eigenvalue weighted by Gasteiger charge is -2.08. The van der Waals surface area contributed by atoms with Gasteiger partial charge in [-0.25, -0.2) is 4.99 Å². The highest BCUT2D eigenvalue weighted by molar-refractivity contribution is 5.99. The second-order valence-corrected chi connectivity index (χ2v) is 4.55. The first-order valence-electron chi connectivity index (χ1n) is 6.56. The van der Waals surface area contributed by atoms with Crippen LogP contribution in [0.5, 0.6) is 0 Å². The number of hydrogen-bond acceptors (Lipinski definition) is 1. The van der Waals surface area contributed by atoms with E-state index in [2.05, 4.69) is 29.0 Å². The smallest absolute Gasteiger partial charge is 0.223 e. The van der Waals surface area contributed by atoms with Crippen LogP contribution in [-0.2, 0) is 6.42 Å². The average molecular weight is 269 g/mol.